The van der Waals surface area contributed by atoms with Crippen LogP contribution in [-0.4, -0.2) is 0 Å². The molecule has 0 saturated heterocycles. The predicted molar refractivity (Wildman–Crippen MR) is 46.4 cm³/mol. The zero-order chi connectivity index (χ0) is 7.45. The van der Waals surface area contributed by atoms with E-state index in [1.165, 1.54) is 47.3 Å². The molecule has 0 amide bonds. The van der Waals surface area contributed by atoms with Crippen molar-refractivity contribution in [2.75, 3.05) is 0 Å². The minimum Gasteiger partial charge on any atom is -0.0468 e. The lowest BCUT2D eigenvalue weighted by atomic mass is 9.79. The summed E-state index contributed by atoms with van der Waals surface area (Å²) in [7, 11) is 0. The Hall–Kier alpha value is 0. The summed E-state index contributed by atoms with van der Waals surface area (Å²) >= 11 is 0. The fraction of sp³-hybridized carbons (Fsp3) is 1.00. The molecule has 0 heteroatoms. The molecule has 12 heavy (non-hydrogen) atoms. The van der Waals surface area contributed by atoms with E-state index in [1.54, 1.807) is 25.7 Å². The van der Waals surface area contributed by atoms with Crippen molar-refractivity contribution in [3.05, 3.63) is 0 Å². The summed E-state index contributed by atoms with van der Waals surface area (Å²) in [6.45, 7) is 0. The second-order valence-corrected chi connectivity index (χ2v) is 6.26. The van der Waals surface area contributed by atoms with Crippen LogP contribution in [0.1, 0.15) is 25.7 Å². The molecule has 5 fully saturated rings. The Labute approximate surface area is 73.7 Å². The van der Waals surface area contributed by atoms with Gasteiger partial charge in [-0.1, -0.05) is 0 Å². The lowest BCUT2D eigenvalue weighted by Gasteiger charge is -2.26. The third-order valence-electron chi connectivity index (χ3n) is 6.12. The molecule has 8 atom stereocenters. The van der Waals surface area contributed by atoms with Crippen molar-refractivity contribution in [3.63, 3.8) is 0 Å². The Morgan fingerprint density at radius 1 is 0.500 bits per heavy atom. The third-order valence-corrected chi connectivity index (χ3v) is 6.12. The Balaban J connectivity index is 1.66. The summed E-state index contributed by atoms with van der Waals surface area (Å²) in [6, 6.07) is 0. The van der Waals surface area contributed by atoms with E-state index in [0.717, 1.165) is 0 Å². The van der Waals surface area contributed by atoms with E-state index >= 15 is 0 Å². The normalized spacial score (nSPS) is 80.0. The van der Waals surface area contributed by atoms with E-state index in [9.17, 15) is 0 Å². The molecular formula is C12H16. The fourth-order valence-electron chi connectivity index (χ4n) is 5.75. The average molecular weight is 160 g/mol. The summed E-state index contributed by atoms with van der Waals surface area (Å²) in [5.41, 5.74) is 0. The topological polar surface area (TPSA) is 0 Å². The summed E-state index contributed by atoms with van der Waals surface area (Å²) in [5, 5.41) is 0. The summed E-state index contributed by atoms with van der Waals surface area (Å²) in [4.78, 5) is 0. The highest BCUT2D eigenvalue weighted by Gasteiger charge is 2.71. The number of hydrogen-bond donors (Lipinski definition) is 0. The maximum absolute atomic E-state index is 1.67. The van der Waals surface area contributed by atoms with Gasteiger partial charge in [0.25, 0.3) is 0 Å². The van der Waals surface area contributed by atoms with Crippen LogP contribution < -0.4 is 0 Å². The smallest absolute Gasteiger partial charge is 0.0321 e. The molecule has 5 aliphatic rings. The van der Waals surface area contributed by atoms with Gasteiger partial charge in [0.05, 0.1) is 0 Å². The first-order valence-electron chi connectivity index (χ1n) is 5.93. The van der Waals surface area contributed by atoms with Gasteiger partial charge < -0.3 is 0 Å². The van der Waals surface area contributed by atoms with Gasteiger partial charge in [-0.2, -0.15) is 0 Å². The van der Waals surface area contributed by atoms with E-state index in [4.69, 9.17) is 0 Å². The van der Waals surface area contributed by atoms with Crippen molar-refractivity contribution < 1.29 is 0 Å². The van der Waals surface area contributed by atoms with Gasteiger partial charge in [0.1, 0.15) is 0 Å². The Bertz CT molecular complexity index is 265. The first kappa shape index (κ1) is 5.67. The van der Waals surface area contributed by atoms with Crippen LogP contribution in [0.2, 0.25) is 0 Å². The van der Waals surface area contributed by atoms with Gasteiger partial charge in [0.15, 0.2) is 0 Å². The van der Waals surface area contributed by atoms with Crippen LogP contribution in [0.25, 0.3) is 0 Å². The third kappa shape index (κ3) is 0.418. The lowest BCUT2D eigenvalue weighted by molar-refractivity contribution is 0.214. The van der Waals surface area contributed by atoms with E-state index < -0.39 is 0 Å². The Morgan fingerprint density at radius 3 is 2.00 bits per heavy atom. The highest BCUT2D eigenvalue weighted by atomic mass is 14.8. The van der Waals surface area contributed by atoms with E-state index in [1.807, 2.05) is 0 Å². The lowest BCUT2D eigenvalue weighted by Crippen LogP contribution is -2.21. The first-order chi connectivity index (χ1) is 5.93. The molecular weight excluding hydrogens is 144 g/mol. The molecule has 0 heterocycles. The molecule has 64 valence electrons. The number of hydrogen-bond acceptors (Lipinski definition) is 0. The fourth-order valence-corrected chi connectivity index (χ4v) is 5.75. The molecule has 0 radical (unpaired) electrons. The predicted octanol–water partition coefficient (Wildman–Crippen LogP) is 2.54. The van der Waals surface area contributed by atoms with Gasteiger partial charge >= 0.3 is 0 Å². The minimum absolute atomic E-state index is 1.24. The molecule has 2 bridgehead atoms. The second-order valence-electron chi connectivity index (χ2n) is 6.26. The van der Waals surface area contributed by atoms with Crippen molar-refractivity contribution in [2.45, 2.75) is 25.7 Å². The Kier molecular flexibility index (Phi) is 0.663. The van der Waals surface area contributed by atoms with Gasteiger partial charge in [0, 0.05) is 0 Å². The van der Waals surface area contributed by atoms with E-state index in [2.05, 4.69) is 0 Å². The summed E-state index contributed by atoms with van der Waals surface area (Å²) in [5.74, 6) is 10.0. The van der Waals surface area contributed by atoms with Gasteiger partial charge in [-0.3, -0.25) is 0 Å². The highest BCUT2D eigenvalue weighted by molar-refractivity contribution is 5.19. The monoisotopic (exact) mass is 160 g/mol. The van der Waals surface area contributed by atoms with Crippen molar-refractivity contribution in [3.8, 4) is 0 Å². The van der Waals surface area contributed by atoms with Crippen molar-refractivity contribution >= 4 is 0 Å². The quantitative estimate of drug-likeness (QED) is 0.511. The Morgan fingerprint density at radius 2 is 1.08 bits per heavy atom. The zero-order valence-corrected chi connectivity index (χ0v) is 7.45. The van der Waals surface area contributed by atoms with Crippen LogP contribution >= 0.6 is 0 Å². The molecule has 5 rings (SSSR count). The summed E-state index contributed by atoms with van der Waals surface area (Å²) < 4.78 is 0. The number of rotatable bonds is 0. The van der Waals surface area contributed by atoms with Gasteiger partial charge in [0.2, 0.25) is 0 Å². The van der Waals surface area contributed by atoms with Crippen LogP contribution in [0.5, 0.6) is 0 Å². The molecule has 0 N–H and O–H groups in total. The maximum atomic E-state index is 1.67. The second kappa shape index (κ2) is 1.40. The molecule has 0 spiro atoms. The molecule has 5 saturated carbocycles. The SMILES string of the molecule is C1C2C3CC(C12)C1C2CC2CC31. The van der Waals surface area contributed by atoms with E-state index in [-0.39, 0.29) is 0 Å². The highest BCUT2D eigenvalue weighted by Crippen LogP contribution is 2.78. The van der Waals surface area contributed by atoms with Crippen LogP contribution in [-0.2, 0) is 0 Å². The molecule has 0 aromatic heterocycles. The maximum Gasteiger partial charge on any atom is -0.0321 e. The van der Waals surface area contributed by atoms with Gasteiger partial charge in [-0.25, -0.2) is 0 Å². The molecule has 8 unspecified atom stereocenters. The zero-order valence-electron chi connectivity index (χ0n) is 7.45. The molecule has 0 aromatic rings. The van der Waals surface area contributed by atoms with Crippen LogP contribution in [0.4, 0.5) is 0 Å². The van der Waals surface area contributed by atoms with Crippen LogP contribution in [0.15, 0.2) is 0 Å². The van der Waals surface area contributed by atoms with Gasteiger partial charge in [-0.15, -0.1) is 0 Å². The van der Waals surface area contributed by atoms with E-state index in [0.29, 0.717) is 0 Å². The van der Waals surface area contributed by atoms with Crippen LogP contribution in [0, 0.1) is 47.3 Å². The average Bonchev–Trinajstić information content (AvgIpc) is 2.92. The minimum atomic E-state index is 1.24. The molecule has 0 nitrogen and oxygen atoms in total. The van der Waals surface area contributed by atoms with Crippen molar-refractivity contribution in [1.82, 2.24) is 0 Å². The standard InChI is InChI=1S/C12H16/c1-5-2-10-9-4-11(8-3-7(8)9)12(10)6(1)5/h5-12H,1-4H2. The molecule has 5 aliphatic carbocycles. The van der Waals surface area contributed by atoms with Crippen molar-refractivity contribution in [2.24, 2.45) is 47.3 Å². The largest absolute Gasteiger partial charge is 0.0468 e. The first-order valence-corrected chi connectivity index (χ1v) is 5.93. The van der Waals surface area contributed by atoms with Crippen molar-refractivity contribution in [1.29, 1.82) is 0 Å². The molecule has 0 aliphatic heterocycles. The number of fused-ring (bicyclic) bond motifs is 10. The van der Waals surface area contributed by atoms with Crippen LogP contribution in [0.3, 0.4) is 0 Å². The van der Waals surface area contributed by atoms with Gasteiger partial charge in [-0.05, 0) is 73.0 Å². The molecule has 0 aromatic carbocycles. The summed E-state index contributed by atoms with van der Waals surface area (Å²) in [6.07, 6.45) is 6.63.